The number of aryl methyl sites for hydroxylation is 1. The molecule has 0 spiro atoms. The topological polar surface area (TPSA) is 35.6 Å². The van der Waals surface area contributed by atoms with Crippen LogP contribution in [0.3, 0.4) is 0 Å². The maximum absolute atomic E-state index is 13.0. The van der Waals surface area contributed by atoms with E-state index in [4.69, 9.17) is 0 Å². The summed E-state index contributed by atoms with van der Waals surface area (Å²) in [5.41, 5.74) is 4.16. The van der Waals surface area contributed by atoms with Gasteiger partial charge in [0.2, 0.25) is 0 Å². The smallest absolute Gasteiger partial charge is 0.317 e. The minimum Gasteiger partial charge on any atom is -0.368 e. The van der Waals surface area contributed by atoms with Gasteiger partial charge in [0.25, 0.3) is 0 Å². The van der Waals surface area contributed by atoms with Gasteiger partial charge >= 0.3 is 6.03 Å². The van der Waals surface area contributed by atoms with Crippen molar-refractivity contribution in [3.8, 4) is 0 Å². The summed E-state index contributed by atoms with van der Waals surface area (Å²) in [5, 5.41) is 3.54. The molecular weight excluding hydrogens is 334 g/mol. The van der Waals surface area contributed by atoms with Crippen LogP contribution in [0.25, 0.3) is 0 Å². The minimum absolute atomic E-state index is 0.121. The van der Waals surface area contributed by atoms with Crippen LogP contribution in [0.5, 0.6) is 0 Å². The molecule has 146 valence electrons. The SMILES string of the molecule is Cc1cccc(N2CCN(C(=O)NC34CC5CC(CC(C5)C3)C4)CC2)c1C. The second-order valence-electron chi connectivity index (χ2n) is 9.82. The zero-order chi connectivity index (χ0) is 18.6. The van der Waals surface area contributed by atoms with E-state index in [1.807, 2.05) is 0 Å². The van der Waals surface area contributed by atoms with Crippen molar-refractivity contribution >= 4 is 11.7 Å². The van der Waals surface area contributed by atoms with E-state index in [-0.39, 0.29) is 11.6 Å². The molecule has 1 N–H and O–H groups in total. The number of carbonyl (C=O) groups is 1. The zero-order valence-corrected chi connectivity index (χ0v) is 16.8. The van der Waals surface area contributed by atoms with Gasteiger partial charge in [0, 0.05) is 37.4 Å². The van der Waals surface area contributed by atoms with Gasteiger partial charge in [-0.25, -0.2) is 4.79 Å². The number of nitrogens with one attached hydrogen (secondary N) is 1. The van der Waals surface area contributed by atoms with E-state index in [9.17, 15) is 4.79 Å². The zero-order valence-electron chi connectivity index (χ0n) is 16.8. The molecule has 2 amide bonds. The summed E-state index contributed by atoms with van der Waals surface area (Å²) in [5.74, 6) is 2.62. The number of rotatable bonds is 2. The normalized spacial score (nSPS) is 34.8. The predicted octanol–water partition coefficient (Wildman–Crippen LogP) is 4.10. The fourth-order valence-corrected chi connectivity index (χ4v) is 6.80. The number of urea groups is 1. The molecule has 5 fully saturated rings. The first-order chi connectivity index (χ1) is 13.0. The van der Waals surface area contributed by atoms with Crippen LogP contribution < -0.4 is 10.2 Å². The van der Waals surface area contributed by atoms with E-state index >= 15 is 0 Å². The first-order valence-corrected chi connectivity index (χ1v) is 10.9. The summed E-state index contributed by atoms with van der Waals surface area (Å²) in [6, 6.07) is 6.73. The van der Waals surface area contributed by atoms with Crippen LogP contribution in [0.1, 0.15) is 49.7 Å². The molecule has 1 aromatic carbocycles. The van der Waals surface area contributed by atoms with E-state index in [2.05, 4.69) is 47.2 Å². The molecule has 5 aliphatic rings. The number of hydrogen-bond donors (Lipinski definition) is 1. The third-order valence-corrected chi connectivity index (χ3v) is 7.89. The molecule has 1 saturated heterocycles. The Morgan fingerprint density at radius 2 is 1.56 bits per heavy atom. The highest BCUT2D eigenvalue weighted by atomic mass is 16.2. The highest BCUT2D eigenvalue weighted by Crippen LogP contribution is 2.55. The largest absolute Gasteiger partial charge is 0.368 e. The summed E-state index contributed by atoms with van der Waals surface area (Å²) in [4.78, 5) is 17.5. The minimum atomic E-state index is 0.121. The number of amides is 2. The van der Waals surface area contributed by atoms with E-state index in [1.165, 1.54) is 55.3 Å². The van der Waals surface area contributed by atoms with Crippen molar-refractivity contribution in [1.82, 2.24) is 10.2 Å². The summed E-state index contributed by atoms with van der Waals surface area (Å²) < 4.78 is 0. The number of hydrogen-bond acceptors (Lipinski definition) is 2. The lowest BCUT2D eigenvalue weighted by Crippen LogP contribution is -2.63. The molecule has 4 saturated carbocycles. The van der Waals surface area contributed by atoms with Crippen molar-refractivity contribution in [1.29, 1.82) is 0 Å². The number of piperazine rings is 1. The van der Waals surface area contributed by atoms with Crippen LogP contribution in [0.4, 0.5) is 10.5 Å². The molecule has 4 heteroatoms. The third-order valence-electron chi connectivity index (χ3n) is 7.89. The van der Waals surface area contributed by atoms with E-state index in [0.29, 0.717) is 0 Å². The molecule has 1 aliphatic heterocycles. The van der Waals surface area contributed by atoms with Crippen molar-refractivity contribution in [3.63, 3.8) is 0 Å². The van der Waals surface area contributed by atoms with Gasteiger partial charge < -0.3 is 15.1 Å². The van der Waals surface area contributed by atoms with Crippen LogP contribution in [0.15, 0.2) is 18.2 Å². The lowest BCUT2D eigenvalue weighted by Gasteiger charge is -2.57. The fraction of sp³-hybridized carbons (Fsp3) is 0.696. The van der Waals surface area contributed by atoms with Gasteiger partial charge in [-0.2, -0.15) is 0 Å². The van der Waals surface area contributed by atoms with Gasteiger partial charge in [-0.1, -0.05) is 12.1 Å². The Morgan fingerprint density at radius 3 is 2.15 bits per heavy atom. The number of nitrogens with zero attached hydrogens (tertiary/aromatic N) is 2. The first kappa shape index (κ1) is 17.4. The van der Waals surface area contributed by atoms with Crippen molar-refractivity contribution in [2.24, 2.45) is 17.8 Å². The predicted molar refractivity (Wildman–Crippen MR) is 109 cm³/mol. The van der Waals surface area contributed by atoms with Gasteiger partial charge in [-0.15, -0.1) is 0 Å². The van der Waals surface area contributed by atoms with Gasteiger partial charge in [0.05, 0.1) is 0 Å². The monoisotopic (exact) mass is 367 g/mol. The Hall–Kier alpha value is -1.71. The molecule has 4 nitrogen and oxygen atoms in total. The molecule has 6 rings (SSSR count). The Labute approximate surface area is 163 Å². The molecule has 0 radical (unpaired) electrons. The van der Waals surface area contributed by atoms with E-state index in [1.54, 1.807) is 0 Å². The van der Waals surface area contributed by atoms with E-state index in [0.717, 1.165) is 43.9 Å². The Bertz CT molecular complexity index is 700. The average Bonchev–Trinajstić information content (AvgIpc) is 2.63. The molecule has 1 heterocycles. The van der Waals surface area contributed by atoms with Crippen LogP contribution in [-0.4, -0.2) is 42.6 Å². The van der Waals surface area contributed by atoms with Crippen LogP contribution in [-0.2, 0) is 0 Å². The average molecular weight is 368 g/mol. The molecular formula is C23H33N3O. The molecule has 0 atom stereocenters. The Morgan fingerprint density at radius 1 is 0.963 bits per heavy atom. The van der Waals surface area contributed by atoms with Crippen LogP contribution in [0, 0.1) is 31.6 Å². The molecule has 0 unspecified atom stereocenters. The quantitative estimate of drug-likeness (QED) is 0.854. The molecule has 27 heavy (non-hydrogen) atoms. The molecule has 4 bridgehead atoms. The highest BCUT2D eigenvalue weighted by Gasteiger charge is 2.51. The lowest BCUT2D eigenvalue weighted by molar-refractivity contribution is -0.0157. The van der Waals surface area contributed by atoms with Gasteiger partial charge in [0.15, 0.2) is 0 Å². The summed E-state index contributed by atoms with van der Waals surface area (Å²) in [7, 11) is 0. The van der Waals surface area contributed by atoms with Crippen molar-refractivity contribution in [2.45, 2.75) is 57.9 Å². The molecule has 1 aromatic rings. The van der Waals surface area contributed by atoms with Gasteiger partial charge in [-0.05, 0) is 87.3 Å². The van der Waals surface area contributed by atoms with Crippen molar-refractivity contribution in [2.75, 3.05) is 31.1 Å². The van der Waals surface area contributed by atoms with E-state index < -0.39 is 0 Å². The fourth-order valence-electron chi connectivity index (χ4n) is 6.80. The second-order valence-corrected chi connectivity index (χ2v) is 9.82. The van der Waals surface area contributed by atoms with Gasteiger partial charge in [0.1, 0.15) is 0 Å². The number of benzene rings is 1. The van der Waals surface area contributed by atoms with Gasteiger partial charge in [-0.3, -0.25) is 0 Å². The molecule has 0 aromatic heterocycles. The van der Waals surface area contributed by atoms with Crippen molar-refractivity contribution in [3.05, 3.63) is 29.3 Å². The van der Waals surface area contributed by atoms with Crippen LogP contribution in [0.2, 0.25) is 0 Å². The lowest BCUT2D eigenvalue weighted by atomic mass is 9.53. The third kappa shape index (κ3) is 3.11. The molecule has 4 aliphatic carbocycles. The maximum Gasteiger partial charge on any atom is 0.317 e. The summed E-state index contributed by atoms with van der Waals surface area (Å²) >= 11 is 0. The van der Waals surface area contributed by atoms with Crippen LogP contribution >= 0.6 is 0 Å². The second kappa shape index (κ2) is 6.42. The Balaban J connectivity index is 1.21. The maximum atomic E-state index is 13.0. The summed E-state index contributed by atoms with van der Waals surface area (Å²) in [6.07, 6.45) is 7.95. The number of carbonyl (C=O) groups excluding carboxylic acids is 1. The van der Waals surface area contributed by atoms with Crippen molar-refractivity contribution < 1.29 is 4.79 Å². The standard InChI is InChI=1S/C23H33N3O/c1-16-4-3-5-21(17(16)2)25-6-8-26(9-7-25)22(27)24-23-13-18-10-19(14-23)12-20(11-18)15-23/h3-5,18-20H,6-15H2,1-2H3,(H,24,27). The number of anilines is 1. The summed E-state index contributed by atoms with van der Waals surface area (Å²) in [6.45, 7) is 7.89. The highest BCUT2D eigenvalue weighted by molar-refractivity contribution is 5.75. The Kier molecular flexibility index (Phi) is 4.14. The first-order valence-electron chi connectivity index (χ1n) is 10.9.